The average Bonchev–Trinajstić information content (AvgIpc) is 2.54. The molecule has 0 spiro atoms. The fourth-order valence-corrected chi connectivity index (χ4v) is 2.44. The number of carbonyl (C=O) groups is 1. The third-order valence-corrected chi connectivity index (χ3v) is 3.85. The highest BCUT2D eigenvalue weighted by Crippen LogP contribution is 2.17. The highest BCUT2D eigenvalue weighted by molar-refractivity contribution is 6.33. The molecule has 0 aliphatic rings. The lowest BCUT2D eigenvalue weighted by molar-refractivity contribution is 0.0953. The summed E-state index contributed by atoms with van der Waals surface area (Å²) in [7, 11) is 2.05. The zero-order valence-electron chi connectivity index (χ0n) is 13.0. The maximum atomic E-state index is 12.1. The normalized spacial score (nSPS) is 10.3. The van der Waals surface area contributed by atoms with Crippen molar-refractivity contribution in [1.29, 1.82) is 0 Å². The molecule has 0 radical (unpaired) electrons. The molecule has 2 rings (SSSR count). The van der Waals surface area contributed by atoms with Crippen molar-refractivity contribution in [1.82, 2.24) is 5.32 Å². The number of benzene rings is 2. The lowest BCUT2D eigenvalue weighted by Gasteiger charge is -2.19. The summed E-state index contributed by atoms with van der Waals surface area (Å²) in [4.78, 5) is 14.3. The summed E-state index contributed by atoms with van der Waals surface area (Å²) < 4.78 is 0. The SMILES string of the molecule is Cc1ccc(Cl)c(C(=O)NCCCN(C)c2ccccc2)c1. The van der Waals surface area contributed by atoms with Crippen LogP contribution in [-0.4, -0.2) is 26.0 Å². The number of anilines is 1. The van der Waals surface area contributed by atoms with Crippen molar-refractivity contribution in [3.05, 3.63) is 64.7 Å². The lowest BCUT2D eigenvalue weighted by Crippen LogP contribution is -2.28. The fraction of sp³-hybridized carbons (Fsp3) is 0.278. The molecule has 0 unspecified atom stereocenters. The number of halogens is 1. The highest BCUT2D eigenvalue weighted by Gasteiger charge is 2.09. The molecule has 0 saturated carbocycles. The van der Waals surface area contributed by atoms with Crippen LogP contribution >= 0.6 is 11.6 Å². The summed E-state index contributed by atoms with van der Waals surface area (Å²) >= 11 is 6.07. The Bertz CT molecular complexity index is 628. The van der Waals surface area contributed by atoms with Gasteiger partial charge in [0.25, 0.3) is 5.91 Å². The molecule has 2 aromatic carbocycles. The molecule has 3 nitrogen and oxygen atoms in total. The molecular weight excluding hydrogens is 296 g/mol. The molecule has 116 valence electrons. The second-order valence-electron chi connectivity index (χ2n) is 5.35. The number of para-hydroxylation sites is 1. The van der Waals surface area contributed by atoms with Gasteiger partial charge in [0.15, 0.2) is 0 Å². The first-order valence-electron chi connectivity index (χ1n) is 7.38. The Morgan fingerprint density at radius 2 is 1.91 bits per heavy atom. The van der Waals surface area contributed by atoms with Crippen LogP contribution in [0.25, 0.3) is 0 Å². The Hall–Kier alpha value is -2.00. The fourth-order valence-electron chi connectivity index (χ4n) is 2.24. The number of hydrogen-bond donors (Lipinski definition) is 1. The maximum Gasteiger partial charge on any atom is 0.252 e. The Morgan fingerprint density at radius 3 is 2.64 bits per heavy atom. The van der Waals surface area contributed by atoms with E-state index in [1.54, 1.807) is 6.07 Å². The quantitative estimate of drug-likeness (QED) is 0.820. The number of hydrogen-bond acceptors (Lipinski definition) is 2. The molecule has 0 atom stereocenters. The summed E-state index contributed by atoms with van der Waals surface area (Å²) in [5, 5.41) is 3.41. The molecule has 2 aromatic rings. The van der Waals surface area contributed by atoms with Gasteiger partial charge in [0.2, 0.25) is 0 Å². The first-order valence-corrected chi connectivity index (χ1v) is 7.76. The zero-order valence-corrected chi connectivity index (χ0v) is 13.7. The zero-order chi connectivity index (χ0) is 15.9. The van der Waals surface area contributed by atoms with Crippen LogP contribution in [0.5, 0.6) is 0 Å². The van der Waals surface area contributed by atoms with Crippen molar-refractivity contribution in [2.45, 2.75) is 13.3 Å². The van der Waals surface area contributed by atoms with Crippen LogP contribution in [0.1, 0.15) is 22.3 Å². The standard InChI is InChI=1S/C18H21ClN2O/c1-14-9-10-17(19)16(13-14)18(22)20-11-6-12-21(2)15-7-4-3-5-8-15/h3-5,7-10,13H,6,11-12H2,1-2H3,(H,20,22). The molecule has 22 heavy (non-hydrogen) atoms. The van der Waals surface area contributed by atoms with Crippen molar-refractivity contribution in [3.63, 3.8) is 0 Å². The smallest absolute Gasteiger partial charge is 0.252 e. The average molecular weight is 317 g/mol. The van der Waals surface area contributed by atoms with Crippen LogP contribution in [0.3, 0.4) is 0 Å². The first kappa shape index (κ1) is 16.4. The predicted octanol–water partition coefficient (Wildman–Crippen LogP) is 3.90. The minimum atomic E-state index is -0.115. The van der Waals surface area contributed by atoms with E-state index >= 15 is 0 Å². The van der Waals surface area contributed by atoms with Crippen LogP contribution in [0.2, 0.25) is 5.02 Å². The monoisotopic (exact) mass is 316 g/mol. The third-order valence-electron chi connectivity index (χ3n) is 3.52. The molecule has 0 bridgehead atoms. The lowest BCUT2D eigenvalue weighted by atomic mass is 10.1. The van der Waals surface area contributed by atoms with Crippen LogP contribution in [0.15, 0.2) is 48.5 Å². The van der Waals surface area contributed by atoms with E-state index in [2.05, 4.69) is 29.4 Å². The van der Waals surface area contributed by atoms with Crippen LogP contribution in [-0.2, 0) is 0 Å². The number of carbonyl (C=O) groups excluding carboxylic acids is 1. The molecule has 4 heteroatoms. The molecule has 0 aromatic heterocycles. The van der Waals surface area contributed by atoms with Gasteiger partial charge < -0.3 is 10.2 Å². The minimum Gasteiger partial charge on any atom is -0.375 e. The maximum absolute atomic E-state index is 12.1. The van der Waals surface area contributed by atoms with Crippen LogP contribution in [0, 0.1) is 6.92 Å². The summed E-state index contributed by atoms with van der Waals surface area (Å²) in [6.45, 7) is 3.45. The van der Waals surface area contributed by atoms with Crippen molar-refractivity contribution < 1.29 is 4.79 Å². The Morgan fingerprint density at radius 1 is 1.18 bits per heavy atom. The van der Waals surface area contributed by atoms with E-state index in [4.69, 9.17) is 11.6 Å². The Kier molecular flexibility index (Phi) is 5.84. The number of nitrogens with one attached hydrogen (secondary N) is 1. The van der Waals surface area contributed by atoms with Gasteiger partial charge in [0, 0.05) is 25.8 Å². The highest BCUT2D eigenvalue weighted by atomic mass is 35.5. The van der Waals surface area contributed by atoms with Gasteiger partial charge in [0.05, 0.1) is 10.6 Å². The molecule has 1 amide bonds. The number of rotatable bonds is 6. The van der Waals surface area contributed by atoms with Crippen LogP contribution < -0.4 is 10.2 Å². The van der Waals surface area contributed by atoms with Gasteiger partial charge in [-0.05, 0) is 37.6 Å². The van der Waals surface area contributed by atoms with E-state index in [-0.39, 0.29) is 5.91 Å². The number of nitrogens with zero attached hydrogens (tertiary/aromatic N) is 1. The van der Waals surface area contributed by atoms with Gasteiger partial charge in [-0.2, -0.15) is 0 Å². The molecule has 0 fully saturated rings. The van der Waals surface area contributed by atoms with E-state index in [1.165, 1.54) is 5.69 Å². The van der Waals surface area contributed by atoms with E-state index in [0.29, 0.717) is 17.1 Å². The topological polar surface area (TPSA) is 32.3 Å². The van der Waals surface area contributed by atoms with E-state index in [0.717, 1.165) is 18.5 Å². The van der Waals surface area contributed by atoms with E-state index < -0.39 is 0 Å². The Labute approximate surface area is 136 Å². The van der Waals surface area contributed by atoms with Gasteiger partial charge >= 0.3 is 0 Å². The molecule has 0 aliphatic heterocycles. The number of aryl methyl sites for hydroxylation is 1. The summed E-state index contributed by atoms with van der Waals surface area (Å²) in [6, 6.07) is 15.7. The molecule has 1 N–H and O–H groups in total. The third kappa shape index (κ3) is 4.50. The van der Waals surface area contributed by atoms with Crippen molar-refractivity contribution in [3.8, 4) is 0 Å². The van der Waals surface area contributed by atoms with Gasteiger partial charge in [0.1, 0.15) is 0 Å². The number of amides is 1. The molecule has 0 heterocycles. The van der Waals surface area contributed by atoms with E-state index in [1.807, 2.05) is 37.3 Å². The van der Waals surface area contributed by atoms with Crippen molar-refractivity contribution in [2.75, 3.05) is 25.0 Å². The van der Waals surface area contributed by atoms with Gasteiger partial charge in [-0.1, -0.05) is 41.4 Å². The second-order valence-corrected chi connectivity index (χ2v) is 5.76. The summed E-state index contributed by atoms with van der Waals surface area (Å²) in [6.07, 6.45) is 0.876. The van der Waals surface area contributed by atoms with Gasteiger partial charge in [-0.15, -0.1) is 0 Å². The summed E-state index contributed by atoms with van der Waals surface area (Å²) in [5.74, 6) is -0.115. The van der Waals surface area contributed by atoms with Gasteiger partial charge in [-0.25, -0.2) is 0 Å². The summed E-state index contributed by atoms with van der Waals surface area (Å²) in [5.41, 5.74) is 2.74. The molecule has 0 aliphatic carbocycles. The van der Waals surface area contributed by atoms with Crippen LogP contribution in [0.4, 0.5) is 5.69 Å². The van der Waals surface area contributed by atoms with Crippen molar-refractivity contribution >= 4 is 23.2 Å². The van der Waals surface area contributed by atoms with Crippen molar-refractivity contribution in [2.24, 2.45) is 0 Å². The molecule has 0 saturated heterocycles. The first-order chi connectivity index (χ1) is 10.6. The second kappa shape index (κ2) is 7.85. The Balaban J connectivity index is 1.79. The minimum absolute atomic E-state index is 0.115. The largest absolute Gasteiger partial charge is 0.375 e. The molecular formula is C18H21ClN2O. The van der Waals surface area contributed by atoms with Gasteiger partial charge in [-0.3, -0.25) is 4.79 Å². The van der Waals surface area contributed by atoms with E-state index in [9.17, 15) is 4.79 Å². The predicted molar refractivity (Wildman–Crippen MR) is 92.9 cm³/mol.